The van der Waals surface area contributed by atoms with E-state index in [2.05, 4.69) is 21.0 Å². The van der Waals surface area contributed by atoms with Crippen LogP contribution in [0.5, 0.6) is 11.5 Å². The van der Waals surface area contributed by atoms with Crippen molar-refractivity contribution >= 4 is 33.5 Å². The highest BCUT2D eigenvalue weighted by atomic mass is 79.9. The number of carboxylic acids is 1. The molecule has 0 radical (unpaired) electrons. The Balaban J connectivity index is 1.97. The van der Waals surface area contributed by atoms with Gasteiger partial charge in [-0.1, -0.05) is 28.1 Å². The summed E-state index contributed by atoms with van der Waals surface area (Å²) in [6, 6.07) is 12.7. The fraction of sp³-hybridized carbons (Fsp3) is 0.286. The Morgan fingerprint density at radius 2 is 1.86 bits per heavy atom. The lowest BCUT2D eigenvalue weighted by Crippen LogP contribution is -2.27. The van der Waals surface area contributed by atoms with Gasteiger partial charge in [0.25, 0.3) is 0 Å². The number of benzene rings is 2. The normalized spacial score (nSPS) is 15.8. The fourth-order valence-electron chi connectivity index (χ4n) is 3.22. The van der Waals surface area contributed by atoms with E-state index in [1.54, 1.807) is 26.4 Å². The topological polar surface area (TPSA) is 88.4 Å². The lowest BCUT2D eigenvalue weighted by molar-refractivity contribution is -0.141. The summed E-state index contributed by atoms with van der Waals surface area (Å²) < 4.78 is 11.7. The van der Waals surface area contributed by atoms with Crippen LogP contribution < -0.4 is 9.47 Å². The van der Waals surface area contributed by atoms with Crippen LogP contribution in [0.2, 0.25) is 0 Å². The summed E-state index contributed by atoms with van der Waals surface area (Å²) in [6.45, 7) is 0. The molecular formula is C21H21BrN2O5. The SMILES string of the molecule is COc1ccc([C@H]2CC(c3ccc(Br)cc3)=NN2C(=O)CCC(=O)O)c(OC)c1. The van der Waals surface area contributed by atoms with Crippen molar-refractivity contribution in [2.45, 2.75) is 25.3 Å². The number of nitrogens with zero attached hydrogens (tertiary/aromatic N) is 2. The van der Waals surface area contributed by atoms with E-state index in [0.717, 1.165) is 21.3 Å². The molecule has 0 saturated heterocycles. The number of hydrogen-bond donors (Lipinski definition) is 1. The van der Waals surface area contributed by atoms with E-state index in [-0.39, 0.29) is 18.7 Å². The van der Waals surface area contributed by atoms with Gasteiger partial charge in [0.1, 0.15) is 11.5 Å². The highest BCUT2D eigenvalue weighted by molar-refractivity contribution is 9.10. The number of aliphatic carboxylic acids is 1. The van der Waals surface area contributed by atoms with Gasteiger partial charge in [-0.3, -0.25) is 9.59 Å². The molecule has 2 aromatic rings. The molecule has 1 atom stereocenters. The minimum atomic E-state index is -1.02. The van der Waals surface area contributed by atoms with Gasteiger partial charge in [-0.05, 0) is 29.8 Å². The number of halogens is 1. The monoisotopic (exact) mass is 460 g/mol. The van der Waals surface area contributed by atoms with E-state index < -0.39 is 12.0 Å². The molecule has 8 heteroatoms. The Morgan fingerprint density at radius 1 is 1.14 bits per heavy atom. The number of rotatable bonds is 7. The molecule has 1 N–H and O–H groups in total. The van der Waals surface area contributed by atoms with Crippen molar-refractivity contribution < 1.29 is 24.2 Å². The highest BCUT2D eigenvalue weighted by Crippen LogP contribution is 2.39. The molecule has 2 aromatic carbocycles. The summed E-state index contributed by atoms with van der Waals surface area (Å²) >= 11 is 3.42. The first-order chi connectivity index (χ1) is 13.9. The first-order valence-electron chi connectivity index (χ1n) is 9.02. The maximum Gasteiger partial charge on any atom is 0.303 e. The lowest BCUT2D eigenvalue weighted by atomic mass is 9.97. The molecule has 0 spiro atoms. The van der Waals surface area contributed by atoms with E-state index >= 15 is 0 Å². The maximum atomic E-state index is 12.8. The number of carbonyl (C=O) groups is 2. The third kappa shape index (κ3) is 4.76. The molecule has 1 heterocycles. The van der Waals surface area contributed by atoms with Gasteiger partial charge < -0.3 is 14.6 Å². The largest absolute Gasteiger partial charge is 0.497 e. The van der Waals surface area contributed by atoms with Crippen LogP contribution in [0.4, 0.5) is 0 Å². The summed E-state index contributed by atoms with van der Waals surface area (Å²) in [5, 5.41) is 14.9. The van der Waals surface area contributed by atoms with Crippen LogP contribution in [0.3, 0.4) is 0 Å². The molecule has 3 rings (SSSR count). The third-order valence-corrected chi connectivity index (χ3v) is 5.22. The Labute approximate surface area is 177 Å². The maximum absolute atomic E-state index is 12.8. The first kappa shape index (κ1) is 20.9. The average molecular weight is 461 g/mol. The van der Waals surface area contributed by atoms with Gasteiger partial charge in [0, 0.05) is 28.9 Å². The molecular weight excluding hydrogens is 440 g/mol. The van der Waals surface area contributed by atoms with Gasteiger partial charge in [0.15, 0.2) is 0 Å². The minimum absolute atomic E-state index is 0.124. The zero-order valence-corrected chi connectivity index (χ0v) is 17.7. The summed E-state index contributed by atoms with van der Waals surface area (Å²) in [5.74, 6) is -0.144. The van der Waals surface area contributed by atoms with Gasteiger partial charge in [0.05, 0.1) is 32.4 Å². The standard InChI is InChI=1S/C21H21BrN2O5/c1-28-15-7-8-16(19(11-15)29-2)18-12-17(13-3-5-14(22)6-4-13)23-24(18)20(25)9-10-21(26)27/h3-8,11,18H,9-10,12H2,1-2H3,(H,26,27)/t18-/m1/s1. The van der Waals surface area contributed by atoms with E-state index in [4.69, 9.17) is 14.6 Å². The van der Waals surface area contributed by atoms with Crippen LogP contribution in [-0.4, -0.2) is 41.9 Å². The number of methoxy groups -OCH3 is 2. The molecule has 1 amide bonds. The zero-order valence-electron chi connectivity index (χ0n) is 16.1. The summed E-state index contributed by atoms with van der Waals surface area (Å²) in [4.78, 5) is 23.7. The molecule has 1 aliphatic heterocycles. The average Bonchev–Trinajstić information content (AvgIpc) is 3.17. The van der Waals surface area contributed by atoms with E-state index in [1.165, 1.54) is 5.01 Å². The van der Waals surface area contributed by atoms with Crippen molar-refractivity contribution in [3.05, 3.63) is 58.1 Å². The first-order valence-corrected chi connectivity index (χ1v) is 9.81. The van der Waals surface area contributed by atoms with Crippen LogP contribution in [0.25, 0.3) is 0 Å². The number of ether oxygens (including phenoxy) is 2. The second kappa shape index (κ2) is 9.09. The number of carbonyl (C=O) groups excluding carboxylic acids is 1. The second-order valence-corrected chi connectivity index (χ2v) is 7.43. The van der Waals surface area contributed by atoms with Crippen molar-refractivity contribution in [2.24, 2.45) is 5.10 Å². The summed E-state index contributed by atoms with van der Waals surface area (Å²) in [6.07, 6.45) is 0.121. The number of carboxylic acid groups (broad SMARTS) is 1. The molecule has 152 valence electrons. The van der Waals surface area contributed by atoms with Crippen LogP contribution in [0.15, 0.2) is 52.0 Å². The van der Waals surface area contributed by atoms with Crippen LogP contribution in [-0.2, 0) is 9.59 Å². The summed E-state index contributed by atoms with van der Waals surface area (Å²) in [5.41, 5.74) is 2.44. The Bertz CT molecular complexity index is 943. The third-order valence-electron chi connectivity index (χ3n) is 4.70. The van der Waals surface area contributed by atoms with Gasteiger partial charge >= 0.3 is 5.97 Å². The Kier molecular flexibility index (Phi) is 6.53. The Morgan fingerprint density at radius 3 is 2.48 bits per heavy atom. The molecule has 0 aromatic heterocycles. The van der Waals surface area contributed by atoms with Gasteiger partial charge in [-0.15, -0.1) is 0 Å². The van der Waals surface area contributed by atoms with Crippen molar-refractivity contribution in [3.8, 4) is 11.5 Å². The quantitative estimate of drug-likeness (QED) is 0.673. The predicted octanol–water partition coefficient (Wildman–Crippen LogP) is 4.01. The number of hydrogen-bond acceptors (Lipinski definition) is 5. The smallest absolute Gasteiger partial charge is 0.303 e. The van der Waals surface area contributed by atoms with Crippen molar-refractivity contribution in [1.29, 1.82) is 0 Å². The van der Waals surface area contributed by atoms with Crippen LogP contribution >= 0.6 is 15.9 Å². The molecule has 0 fully saturated rings. The zero-order chi connectivity index (χ0) is 21.0. The fourth-order valence-corrected chi connectivity index (χ4v) is 3.49. The molecule has 7 nitrogen and oxygen atoms in total. The summed E-state index contributed by atoms with van der Waals surface area (Å²) in [7, 11) is 3.13. The molecule has 29 heavy (non-hydrogen) atoms. The van der Waals surface area contributed by atoms with Crippen molar-refractivity contribution in [3.63, 3.8) is 0 Å². The molecule has 0 aliphatic carbocycles. The number of amides is 1. The van der Waals surface area contributed by atoms with Gasteiger partial charge in [0.2, 0.25) is 5.91 Å². The van der Waals surface area contributed by atoms with Crippen molar-refractivity contribution in [1.82, 2.24) is 5.01 Å². The van der Waals surface area contributed by atoms with E-state index in [9.17, 15) is 9.59 Å². The molecule has 0 unspecified atom stereocenters. The minimum Gasteiger partial charge on any atom is -0.497 e. The van der Waals surface area contributed by atoms with Crippen molar-refractivity contribution in [2.75, 3.05) is 14.2 Å². The highest BCUT2D eigenvalue weighted by Gasteiger charge is 2.34. The number of hydrazone groups is 1. The predicted molar refractivity (Wildman–Crippen MR) is 111 cm³/mol. The second-order valence-electron chi connectivity index (χ2n) is 6.51. The molecule has 1 aliphatic rings. The molecule has 0 saturated carbocycles. The Hall–Kier alpha value is -2.87. The lowest BCUT2D eigenvalue weighted by Gasteiger charge is -2.23. The van der Waals surface area contributed by atoms with Gasteiger partial charge in [-0.2, -0.15) is 5.10 Å². The van der Waals surface area contributed by atoms with Gasteiger partial charge in [-0.25, -0.2) is 5.01 Å². The van der Waals surface area contributed by atoms with Crippen LogP contribution in [0.1, 0.15) is 36.4 Å². The van der Waals surface area contributed by atoms with Crippen LogP contribution in [0, 0.1) is 0 Å². The van der Waals surface area contributed by atoms with E-state index in [1.807, 2.05) is 30.3 Å². The van der Waals surface area contributed by atoms with E-state index in [0.29, 0.717) is 17.9 Å². The molecule has 0 bridgehead atoms.